The van der Waals surface area contributed by atoms with Crippen LogP contribution in [0.25, 0.3) is 11.3 Å². The fourth-order valence-corrected chi connectivity index (χ4v) is 2.89. The van der Waals surface area contributed by atoms with Gasteiger partial charge in [0.15, 0.2) is 0 Å². The Morgan fingerprint density at radius 3 is 2.32 bits per heavy atom. The maximum atomic E-state index is 12.7. The highest BCUT2D eigenvalue weighted by Gasteiger charge is 2.20. The Labute approximate surface area is 163 Å². The first-order valence-corrected chi connectivity index (χ1v) is 9.09. The van der Waals surface area contributed by atoms with E-state index in [2.05, 4.69) is 10.4 Å². The van der Waals surface area contributed by atoms with Gasteiger partial charge in [0.05, 0.1) is 18.8 Å². The van der Waals surface area contributed by atoms with Gasteiger partial charge < -0.3 is 10.1 Å². The van der Waals surface area contributed by atoms with Crippen LogP contribution in [-0.4, -0.2) is 22.8 Å². The number of amides is 1. The largest absolute Gasteiger partial charge is 0.497 e. The zero-order valence-corrected chi connectivity index (χ0v) is 16.1. The molecule has 0 bridgehead atoms. The molecule has 0 radical (unpaired) electrons. The minimum atomic E-state index is -0.739. The smallest absolute Gasteiger partial charge is 0.267 e. The minimum Gasteiger partial charge on any atom is -0.497 e. The molecule has 6 heteroatoms. The van der Waals surface area contributed by atoms with Gasteiger partial charge in [0, 0.05) is 11.6 Å². The minimum absolute atomic E-state index is 0.170. The molecule has 2 aromatic carbocycles. The lowest BCUT2D eigenvalue weighted by Crippen LogP contribution is -2.38. The van der Waals surface area contributed by atoms with Crippen LogP contribution in [0.2, 0.25) is 0 Å². The maximum Gasteiger partial charge on any atom is 0.267 e. The number of aromatic nitrogens is 2. The second kappa shape index (κ2) is 8.52. The van der Waals surface area contributed by atoms with E-state index < -0.39 is 6.04 Å². The molecule has 6 nitrogen and oxygen atoms in total. The molecule has 0 saturated heterocycles. The number of hydrogen-bond donors (Lipinski definition) is 1. The van der Waals surface area contributed by atoms with Crippen LogP contribution in [0.15, 0.2) is 71.5 Å². The first kappa shape index (κ1) is 19.4. The Hall–Kier alpha value is -3.41. The van der Waals surface area contributed by atoms with Gasteiger partial charge >= 0.3 is 0 Å². The number of carbonyl (C=O) groups excluding carboxylic acids is 1. The molecule has 3 rings (SSSR count). The molecular weight excluding hydrogens is 354 g/mol. The molecule has 2 unspecified atom stereocenters. The molecule has 3 aromatic rings. The van der Waals surface area contributed by atoms with Crippen LogP contribution in [0, 0.1) is 0 Å². The van der Waals surface area contributed by atoms with E-state index in [4.69, 9.17) is 4.74 Å². The van der Waals surface area contributed by atoms with Gasteiger partial charge in [0.2, 0.25) is 5.91 Å². The highest BCUT2D eigenvalue weighted by Crippen LogP contribution is 2.20. The molecule has 1 heterocycles. The molecule has 1 N–H and O–H groups in total. The van der Waals surface area contributed by atoms with Crippen LogP contribution < -0.4 is 15.6 Å². The summed E-state index contributed by atoms with van der Waals surface area (Å²) in [7, 11) is 1.60. The van der Waals surface area contributed by atoms with Gasteiger partial charge in [0.25, 0.3) is 5.56 Å². The second-order valence-electron chi connectivity index (χ2n) is 6.55. The van der Waals surface area contributed by atoms with Gasteiger partial charge in [-0.2, -0.15) is 5.10 Å². The number of hydrogen-bond acceptors (Lipinski definition) is 4. The van der Waals surface area contributed by atoms with E-state index in [1.165, 1.54) is 10.7 Å². The normalized spacial score (nSPS) is 12.8. The summed E-state index contributed by atoms with van der Waals surface area (Å²) >= 11 is 0. The zero-order chi connectivity index (χ0) is 20.1. The van der Waals surface area contributed by atoms with Crippen molar-refractivity contribution in [3.63, 3.8) is 0 Å². The van der Waals surface area contributed by atoms with E-state index in [9.17, 15) is 9.59 Å². The first-order chi connectivity index (χ1) is 13.5. The molecule has 0 saturated carbocycles. The quantitative estimate of drug-likeness (QED) is 0.715. The fraction of sp³-hybridized carbons (Fsp3) is 0.227. The molecule has 0 aliphatic carbocycles. The van der Waals surface area contributed by atoms with Gasteiger partial charge in [-0.05, 0) is 49.7 Å². The summed E-state index contributed by atoms with van der Waals surface area (Å²) in [6, 6.07) is 19.2. The monoisotopic (exact) mass is 377 g/mol. The van der Waals surface area contributed by atoms with Gasteiger partial charge in [-0.1, -0.05) is 30.3 Å². The summed E-state index contributed by atoms with van der Waals surface area (Å²) in [6.45, 7) is 3.57. The molecule has 1 aromatic heterocycles. The SMILES string of the molecule is COc1ccc(-c2ccc(=O)n(C(C)C(=O)NC(C)c3ccccc3)n2)cc1. The summed E-state index contributed by atoms with van der Waals surface area (Å²) in [4.78, 5) is 25.0. The van der Waals surface area contributed by atoms with Crippen molar-refractivity contribution in [1.82, 2.24) is 15.1 Å². The topological polar surface area (TPSA) is 73.2 Å². The fourth-order valence-electron chi connectivity index (χ4n) is 2.89. The average Bonchev–Trinajstić information content (AvgIpc) is 2.74. The predicted molar refractivity (Wildman–Crippen MR) is 108 cm³/mol. The third kappa shape index (κ3) is 4.28. The molecule has 1 amide bonds. The van der Waals surface area contributed by atoms with Gasteiger partial charge in [-0.25, -0.2) is 4.68 Å². The lowest BCUT2D eigenvalue weighted by Gasteiger charge is -2.19. The van der Waals surface area contributed by atoms with E-state index >= 15 is 0 Å². The molecule has 28 heavy (non-hydrogen) atoms. The Balaban J connectivity index is 1.81. The molecule has 0 aliphatic heterocycles. The van der Waals surface area contributed by atoms with Crippen molar-refractivity contribution in [2.75, 3.05) is 7.11 Å². The van der Waals surface area contributed by atoms with Crippen LogP contribution >= 0.6 is 0 Å². The predicted octanol–water partition coefficient (Wildman–Crippen LogP) is 3.36. The number of rotatable bonds is 6. The number of methoxy groups -OCH3 is 1. The van der Waals surface area contributed by atoms with Gasteiger partial charge in [0.1, 0.15) is 11.8 Å². The first-order valence-electron chi connectivity index (χ1n) is 9.09. The Morgan fingerprint density at radius 1 is 1.00 bits per heavy atom. The van der Waals surface area contributed by atoms with E-state index in [0.717, 1.165) is 16.9 Å². The van der Waals surface area contributed by atoms with Crippen molar-refractivity contribution in [2.45, 2.75) is 25.9 Å². The van der Waals surface area contributed by atoms with Gasteiger partial charge in [-0.3, -0.25) is 9.59 Å². The maximum absolute atomic E-state index is 12.7. The molecular formula is C22H23N3O3. The summed E-state index contributed by atoms with van der Waals surface area (Å²) in [5.41, 5.74) is 2.11. The summed E-state index contributed by atoms with van der Waals surface area (Å²) in [5, 5.41) is 7.34. The molecule has 0 fully saturated rings. The lowest BCUT2D eigenvalue weighted by molar-refractivity contribution is -0.124. The van der Waals surface area contributed by atoms with Crippen LogP contribution in [0.4, 0.5) is 0 Å². The van der Waals surface area contributed by atoms with Crippen molar-refractivity contribution < 1.29 is 9.53 Å². The van der Waals surface area contributed by atoms with Crippen LogP contribution in [0.5, 0.6) is 5.75 Å². The third-order valence-electron chi connectivity index (χ3n) is 4.62. The van der Waals surface area contributed by atoms with Crippen molar-refractivity contribution >= 4 is 5.91 Å². The van der Waals surface area contributed by atoms with Gasteiger partial charge in [-0.15, -0.1) is 0 Å². The van der Waals surface area contributed by atoms with E-state index in [-0.39, 0.29) is 17.5 Å². The van der Waals surface area contributed by atoms with E-state index in [1.54, 1.807) is 20.1 Å². The third-order valence-corrected chi connectivity index (χ3v) is 4.62. The highest BCUT2D eigenvalue weighted by molar-refractivity contribution is 5.80. The van der Waals surface area contributed by atoms with E-state index in [0.29, 0.717) is 5.69 Å². The average molecular weight is 377 g/mol. The highest BCUT2D eigenvalue weighted by atomic mass is 16.5. The molecule has 2 atom stereocenters. The van der Waals surface area contributed by atoms with Crippen LogP contribution in [0.3, 0.4) is 0 Å². The molecule has 144 valence electrons. The summed E-state index contributed by atoms with van der Waals surface area (Å²) < 4.78 is 6.38. The van der Waals surface area contributed by atoms with Crippen LogP contribution in [-0.2, 0) is 4.79 Å². The Bertz CT molecular complexity index is 998. The Morgan fingerprint density at radius 2 is 1.68 bits per heavy atom. The summed E-state index contributed by atoms with van der Waals surface area (Å²) in [6.07, 6.45) is 0. The van der Waals surface area contributed by atoms with E-state index in [1.807, 2.05) is 61.5 Å². The summed E-state index contributed by atoms with van der Waals surface area (Å²) in [5.74, 6) is 0.470. The zero-order valence-electron chi connectivity index (χ0n) is 16.1. The van der Waals surface area contributed by atoms with Crippen molar-refractivity contribution in [2.24, 2.45) is 0 Å². The number of carbonyl (C=O) groups is 1. The number of ether oxygens (including phenoxy) is 1. The van der Waals surface area contributed by atoms with Crippen molar-refractivity contribution in [1.29, 1.82) is 0 Å². The van der Waals surface area contributed by atoms with Crippen molar-refractivity contribution in [3.8, 4) is 17.0 Å². The molecule has 0 aliphatic rings. The number of nitrogens with one attached hydrogen (secondary N) is 1. The standard InChI is InChI=1S/C22H23N3O3/c1-15(17-7-5-4-6-8-17)23-22(27)16(2)25-21(26)14-13-20(24-25)18-9-11-19(28-3)12-10-18/h4-16H,1-3H3,(H,23,27). The number of benzene rings is 2. The molecule has 0 spiro atoms. The lowest BCUT2D eigenvalue weighted by atomic mass is 10.1. The van der Waals surface area contributed by atoms with Crippen LogP contribution in [0.1, 0.15) is 31.5 Å². The number of nitrogens with zero attached hydrogens (tertiary/aromatic N) is 2. The Kier molecular flexibility index (Phi) is 5.89. The second-order valence-corrected chi connectivity index (χ2v) is 6.55. The van der Waals surface area contributed by atoms with Crippen molar-refractivity contribution in [3.05, 3.63) is 82.6 Å².